The van der Waals surface area contributed by atoms with E-state index in [1.807, 2.05) is 0 Å². The second-order valence-corrected chi connectivity index (χ2v) is 3.85. The number of hydrogen-bond acceptors (Lipinski definition) is 1. The molecule has 0 N–H and O–H groups in total. The van der Waals surface area contributed by atoms with Crippen molar-refractivity contribution in [1.82, 2.24) is 4.90 Å². The Morgan fingerprint density at radius 1 is 1.42 bits per heavy atom. The lowest BCUT2D eigenvalue weighted by atomic mass is 9.93. The van der Waals surface area contributed by atoms with Crippen LogP contribution in [-0.4, -0.2) is 22.9 Å². The summed E-state index contributed by atoms with van der Waals surface area (Å²) < 4.78 is 0. The smallest absolute Gasteiger partial charge is 0.223 e. The van der Waals surface area contributed by atoms with Crippen molar-refractivity contribution < 1.29 is 4.79 Å². The average Bonchev–Trinajstić information content (AvgIpc) is 2.51. The van der Waals surface area contributed by atoms with Crippen molar-refractivity contribution in [2.24, 2.45) is 0 Å². The monoisotopic (exact) mass is 169 g/mol. The molecule has 1 heterocycles. The van der Waals surface area contributed by atoms with Gasteiger partial charge in [0.05, 0.1) is 0 Å². The first-order valence-electron chi connectivity index (χ1n) is 4.94. The van der Waals surface area contributed by atoms with Gasteiger partial charge in [-0.25, -0.2) is 0 Å². The lowest BCUT2D eigenvalue weighted by molar-refractivity contribution is -0.133. The maximum atomic E-state index is 11.5. The van der Waals surface area contributed by atoms with Gasteiger partial charge in [0, 0.05) is 18.5 Å². The molecule has 1 rings (SSSR count). The number of amides is 1. The maximum absolute atomic E-state index is 11.5. The van der Waals surface area contributed by atoms with Crippen LogP contribution < -0.4 is 0 Å². The van der Waals surface area contributed by atoms with Crippen LogP contribution in [0.2, 0.25) is 0 Å². The highest BCUT2D eigenvalue weighted by atomic mass is 16.2. The minimum absolute atomic E-state index is 0.119. The minimum Gasteiger partial charge on any atom is -0.337 e. The van der Waals surface area contributed by atoms with Crippen molar-refractivity contribution in [3.8, 4) is 0 Å². The Morgan fingerprint density at radius 3 is 2.33 bits per heavy atom. The van der Waals surface area contributed by atoms with Gasteiger partial charge in [-0.15, -0.1) is 0 Å². The second-order valence-electron chi connectivity index (χ2n) is 3.85. The first-order valence-corrected chi connectivity index (χ1v) is 4.94. The molecular formula is C10H19NO. The van der Waals surface area contributed by atoms with E-state index in [4.69, 9.17) is 0 Å². The minimum atomic E-state index is 0.119. The molecule has 12 heavy (non-hydrogen) atoms. The SMILES string of the molecule is CCC(C)(CC)N1CCCC1=O. The van der Waals surface area contributed by atoms with E-state index in [1.165, 1.54) is 0 Å². The quantitative estimate of drug-likeness (QED) is 0.634. The third-order valence-electron chi connectivity index (χ3n) is 3.25. The summed E-state index contributed by atoms with van der Waals surface area (Å²) in [5.74, 6) is 0.348. The van der Waals surface area contributed by atoms with Crippen LogP contribution >= 0.6 is 0 Å². The Hall–Kier alpha value is -0.530. The molecule has 0 bridgehead atoms. The van der Waals surface area contributed by atoms with E-state index in [0.29, 0.717) is 5.91 Å². The fourth-order valence-corrected chi connectivity index (χ4v) is 1.85. The second kappa shape index (κ2) is 3.46. The number of carbonyl (C=O) groups excluding carboxylic acids is 1. The summed E-state index contributed by atoms with van der Waals surface area (Å²) in [6.07, 6.45) is 3.94. The topological polar surface area (TPSA) is 20.3 Å². The molecule has 0 aromatic carbocycles. The van der Waals surface area contributed by atoms with Gasteiger partial charge >= 0.3 is 0 Å². The van der Waals surface area contributed by atoms with E-state index in [2.05, 4.69) is 25.7 Å². The highest BCUT2D eigenvalue weighted by Gasteiger charge is 2.34. The van der Waals surface area contributed by atoms with E-state index in [1.54, 1.807) is 0 Å². The number of likely N-dealkylation sites (tertiary alicyclic amines) is 1. The molecule has 0 saturated carbocycles. The van der Waals surface area contributed by atoms with Gasteiger partial charge in [-0.1, -0.05) is 13.8 Å². The summed E-state index contributed by atoms with van der Waals surface area (Å²) in [6.45, 7) is 7.48. The van der Waals surface area contributed by atoms with E-state index in [9.17, 15) is 4.79 Å². The predicted molar refractivity (Wildman–Crippen MR) is 49.9 cm³/mol. The third-order valence-corrected chi connectivity index (χ3v) is 3.25. The molecule has 70 valence electrons. The van der Waals surface area contributed by atoms with Crippen molar-refractivity contribution in [3.05, 3.63) is 0 Å². The molecular weight excluding hydrogens is 150 g/mol. The summed E-state index contributed by atoms with van der Waals surface area (Å²) in [6, 6.07) is 0. The maximum Gasteiger partial charge on any atom is 0.223 e. The molecule has 0 aromatic rings. The Morgan fingerprint density at radius 2 is 2.00 bits per heavy atom. The first-order chi connectivity index (χ1) is 5.64. The summed E-state index contributed by atoms with van der Waals surface area (Å²) in [5, 5.41) is 0. The van der Waals surface area contributed by atoms with Gasteiger partial charge < -0.3 is 4.90 Å². The zero-order valence-electron chi connectivity index (χ0n) is 8.39. The molecule has 1 aliphatic rings. The number of nitrogens with zero attached hydrogens (tertiary/aromatic N) is 1. The van der Waals surface area contributed by atoms with Crippen molar-refractivity contribution in [2.45, 2.75) is 52.0 Å². The summed E-state index contributed by atoms with van der Waals surface area (Å²) >= 11 is 0. The Kier molecular flexibility index (Phi) is 2.76. The normalized spacial score (nSPS) is 18.9. The van der Waals surface area contributed by atoms with Gasteiger partial charge in [0.25, 0.3) is 0 Å². The van der Waals surface area contributed by atoms with Crippen LogP contribution in [0.25, 0.3) is 0 Å². The van der Waals surface area contributed by atoms with Gasteiger partial charge in [0.15, 0.2) is 0 Å². The Bertz CT molecular complexity index is 173. The molecule has 0 atom stereocenters. The van der Waals surface area contributed by atoms with Crippen molar-refractivity contribution in [2.75, 3.05) is 6.54 Å². The molecule has 0 radical (unpaired) electrons. The standard InChI is InChI=1S/C10H19NO/c1-4-10(3,5-2)11-8-6-7-9(11)12/h4-8H2,1-3H3. The van der Waals surface area contributed by atoms with Crippen molar-refractivity contribution in [1.29, 1.82) is 0 Å². The van der Waals surface area contributed by atoms with Gasteiger partial charge in [-0.05, 0) is 26.2 Å². The van der Waals surface area contributed by atoms with Crippen molar-refractivity contribution in [3.63, 3.8) is 0 Å². The first kappa shape index (κ1) is 9.56. The van der Waals surface area contributed by atoms with Crippen LogP contribution in [0.3, 0.4) is 0 Å². The molecule has 0 aromatic heterocycles. The number of hydrogen-bond donors (Lipinski definition) is 0. The fraction of sp³-hybridized carbons (Fsp3) is 0.900. The fourth-order valence-electron chi connectivity index (χ4n) is 1.85. The largest absolute Gasteiger partial charge is 0.337 e. The lowest BCUT2D eigenvalue weighted by Crippen LogP contribution is -2.46. The zero-order valence-corrected chi connectivity index (χ0v) is 8.39. The summed E-state index contributed by atoms with van der Waals surface area (Å²) in [7, 11) is 0. The Labute approximate surface area is 74.9 Å². The van der Waals surface area contributed by atoms with Crippen LogP contribution in [0.1, 0.15) is 46.5 Å². The lowest BCUT2D eigenvalue weighted by Gasteiger charge is -2.37. The zero-order chi connectivity index (χ0) is 9.19. The van der Waals surface area contributed by atoms with Crippen LogP contribution in [-0.2, 0) is 4.79 Å². The molecule has 1 amide bonds. The highest BCUT2D eigenvalue weighted by Crippen LogP contribution is 2.27. The van der Waals surface area contributed by atoms with Gasteiger partial charge in [-0.3, -0.25) is 4.79 Å². The molecule has 2 nitrogen and oxygen atoms in total. The predicted octanol–water partition coefficient (Wildman–Crippen LogP) is 2.19. The van der Waals surface area contributed by atoms with Crippen LogP contribution in [0.4, 0.5) is 0 Å². The van der Waals surface area contributed by atoms with Crippen molar-refractivity contribution >= 4 is 5.91 Å². The molecule has 2 heteroatoms. The molecule has 1 aliphatic heterocycles. The summed E-state index contributed by atoms with van der Waals surface area (Å²) in [5.41, 5.74) is 0.119. The van der Waals surface area contributed by atoms with Gasteiger partial charge in [0.2, 0.25) is 5.91 Å². The van der Waals surface area contributed by atoms with E-state index in [0.717, 1.165) is 32.2 Å². The molecule has 0 unspecified atom stereocenters. The van der Waals surface area contributed by atoms with E-state index >= 15 is 0 Å². The third kappa shape index (κ3) is 1.47. The molecule has 0 spiro atoms. The number of rotatable bonds is 3. The highest BCUT2D eigenvalue weighted by molar-refractivity contribution is 5.78. The van der Waals surface area contributed by atoms with Crippen LogP contribution in [0.15, 0.2) is 0 Å². The number of carbonyl (C=O) groups is 1. The van der Waals surface area contributed by atoms with Gasteiger partial charge in [0.1, 0.15) is 0 Å². The van der Waals surface area contributed by atoms with E-state index in [-0.39, 0.29) is 5.54 Å². The Balaban J connectivity index is 2.71. The van der Waals surface area contributed by atoms with Crippen LogP contribution in [0, 0.1) is 0 Å². The molecule has 1 fully saturated rings. The van der Waals surface area contributed by atoms with E-state index < -0.39 is 0 Å². The molecule has 1 saturated heterocycles. The average molecular weight is 169 g/mol. The van der Waals surface area contributed by atoms with Gasteiger partial charge in [-0.2, -0.15) is 0 Å². The van der Waals surface area contributed by atoms with Crippen LogP contribution in [0.5, 0.6) is 0 Å². The molecule has 0 aliphatic carbocycles. The summed E-state index contributed by atoms with van der Waals surface area (Å²) in [4.78, 5) is 13.5.